The van der Waals surface area contributed by atoms with Crippen LogP contribution in [0.1, 0.15) is 11.3 Å². The molecular formula is C22H18IN2O2+. The lowest BCUT2D eigenvalue weighted by Gasteiger charge is -2.11. The Balaban J connectivity index is 1.94. The van der Waals surface area contributed by atoms with E-state index in [-0.39, 0.29) is 11.3 Å². The van der Waals surface area contributed by atoms with Crippen LogP contribution in [0.25, 0.3) is 11.0 Å². The number of fused-ring (bicyclic) bond motifs is 1. The second-order valence-electron chi connectivity index (χ2n) is 6.25. The minimum Gasteiger partial charge on any atom is -0.503 e. The van der Waals surface area contributed by atoms with E-state index in [1.165, 1.54) is 0 Å². The molecule has 0 aliphatic rings. The fourth-order valence-electron chi connectivity index (χ4n) is 2.95. The van der Waals surface area contributed by atoms with Crippen LogP contribution in [-0.2, 0) is 6.54 Å². The Bertz CT molecular complexity index is 1160. The Morgan fingerprint density at radius 1 is 0.963 bits per heavy atom. The smallest absolute Gasteiger partial charge is 0.368 e. The summed E-state index contributed by atoms with van der Waals surface area (Å²) in [4.78, 5) is 17.9. The predicted octanol–water partition coefficient (Wildman–Crippen LogP) is 0.587. The first-order chi connectivity index (χ1) is 13.1. The molecule has 0 aliphatic heterocycles. The van der Waals surface area contributed by atoms with Crippen molar-refractivity contribution in [1.82, 2.24) is 9.55 Å². The first-order valence-electron chi connectivity index (χ1n) is 8.60. The highest BCUT2D eigenvalue weighted by atomic mass is 127. The van der Waals surface area contributed by atoms with Crippen LogP contribution in [0.3, 0.4) is 0 Å². The first kappa shape index (κ1) is 17.7. The normalized spacial score (nSPS) is 11.0. The zero-order valence-electron chi connectivity index (χ0n) is 14.8. The van der Waals surface area contributed by atoms with Gasteiger partial charge in [0.25, 0.3) is 0 Å². The van der Waals surface area contributed by atoms with Gasteiger partial charge in [-0.1, -0.05) is 48.5 Å². The molecule has 134 valence electrons. The Hall–Kier alpha value is -2.67. The van der Waals surface area contributed by atoms with Gasteiger partial charge in [-0.25, -0.2) is 4.98 Å². The third kappa shape index (κ3) is 3.60. The standard InChI is InChI=1S/C22H17IN2O2/c1-15-12-13-18-20(26)19(23-17-10-6-3-7-11-17)22(27)25(21(18)24-15)14-16-8-4-2-5-9-16/h2-13H,14H2,1H3/p+1. The summed E-state index contributed by atoms with van der Waals surface area (Å²) >= 11 is -0.802. The van der Waals surface area contributed by atoms with Crippen molar-refractivity contribution in [2.24, 2.45) is 0 Å². The van der Waals surface area contributed by atoms with Crippen LogP contribution in [0.5, 0.6) is 5.75 Å². The van der Waals surface area contributed by atoms with E-state index in [1.54, 1.807) is 4.57 Å². The first-order valence-corrected chi connectivity index (χ1v) is 10.8. The number of nitrogens with zero attached hydrogens (tertiary/aromatic N) is 2. The number of hydrogen-bond acceptors (Lipinski definition) is 3. The number of halogens is 1. The van der Waals surface area contributed by atoms with E-state index in [0.29, 0.717) is 21.1 Å². The van der Waals surface area contributed by atoms with Crippen LogP contribution in [0.2, 0.25) is 0 Å². The molecule has 1 N–H and O–H groups in total. The Labute approximate surface area is 167 Å². The molecule has 0 saturated carbocycles. The second-order valence-corrected chi connectivity index (χ2v) is 9.12. The highest BCUT2D eigenvalue weighted by molar-refractivity contribution is 5.81. The molecule has 2 aromatic carbocycles. The van der Waals surface area contributed by atoms with E-state index in [9.17, 15) is 9.90 Å². The minimum atomic E-state index is -0.802. The van der Waals surface area contributed by atoms with Crippen molar-refractivity contribution in [1.29, 1.82) is 0 Å². The molecule has 0 amide bonds. The molecule has 0 unspecified atom stereocenters. The summed E-state index contributed by atoms with van der Waals surface area (Å²) in [6, 6.07) is 23.5. The van der Waals surface area contributed by atoms with E-state index in [2.05, 4.69) is 4.98 Å². The molecule has 4 nitrogen and oxygen atoms in total. The van der Waals surface area contributed by atoms with Crippen LogP contribution < -0.4 is 26.8 Å². The molecular weight excluding hydrogens is 451 g/mol. The van der Waals surface area contributed by atoms with Crippen LogP contribution in [0, 0.1) is 14.1 Å². The highest BCUT2D eigenvalue weighted by Gasteiger charge is 2.29. The Morgan fingerprint density at radius 3 is 2.33 bits per heavy atom. The highest BCUT2D eigenvalue weighted by Crippen LogP contribution is 2.22. The third-order valence-corrected chi connectivity index (χ3v) is 7.14. The Morgan fingerprint density at radius 2 is 1.63 bits per heavy atom. The SMILES string of the molecule is Cc1ccc2c(O)c([I+]c3ccccc3)c(=O)n(Cc3ccccc3)c2n1. The van der Waals surface area contributed by atoms with Gasteiger partial charge in [0.1, 0.15) is 5.65 Å². The molecule has 0 fully saturated rings. The van der Waals surface area contributed by atoms with E-state index in [4.69, 9.17) is 0 Å². The summed E-state index contributed by atoms with van der Waals surface area (Å²) < 4.78 is 3.29. The van der Waals surface area contributed by atoms with Crippen molar-refractivity contribution in [3.8, 4) is 5.75 Å². The van der Waals surface area contributed by atoms with E-state index < -0.39 is 21.2 Å². The summed E-state index contributed by atoms with van der Waals surface area (Å²) in [5.41, 5.74) is 2.22. The average molecular weight is 469 g/mol. The molecule has 4 aromatic rings. The van der Waals surface area contributed by atoms with Crippen molar-refractivity contribution in [2.75, 3.05) is 0 Å². The van der Waals surface area contributed by atoms with Gasteiger partial charge in [-0.2, -0.15) is 0 Å². The van der Waals surface area contributed by atoms with Crippen LogP contribution in [0.15, 0.2) is 77.6 Å². The summed E-state index contributed by atoms with van der Waals surface area (Å²) in [5, 5.41) is 11.5. The molecule has 0 radical (unpaired) electrons. The van der Waals surface area contributed by atoms with Crippen molar-refractivity contribution in [2.45, 2.75) is 13.5 Å². The number of rotatable bonds is 4. The molecule has 2 heterocycles. The molecule has 0 atom stereocenters. The monoisotopic (exact) mass is 469 g/mol. The van der Waals surface area contributed by atoms with E-state index in [1.807, 2.05) is 79.7 Å². The largest absolute Gasteiger partial charge is 0.503 e. The van der Waals surface area contributed by atoms with Crippen molar-refractivity contribution >= 4 is 11.0 Å². The van der Waals surface area contributed by atoms with Crippen molar-refractivity contribution in [3.05, 3.63) is 102 Å². The molecule has 4 rings (SSSR count). The second kappa shape index (κ2) is 7.52. The molecule has 0 spiro atoms. The minimum absolute atomic E-state index is 0.0727. The van der Waals surface area contributed by atoms with Gasteiger partial charge in [0, 0.05) is 5.69 Å². The fourth-order valence-corrected chi connectivity index (χ4v) is 5.42. The number of aromatic hydroxyl groups is 1. The van der Waals surface area contributed by atoms with E-state index >= 15 is 0 Å². The van der Waals surface area contributed by atoms with Crippen molar-refractivity contribution < 1.29 is 26.3 Å². The molecule has 0 bridgehead atoms. The number of aryl methyl sites for hydroxylation is 1. The van der Waals surface area contributed by atoms with Gasteiger partial charge >= 0.3 is 30.3 Å². The summed E-state index contributed by atoms with van der Waals surface area (Å²) in [6.45, 7) is 2.32. The summed E-state index contributed by atoms with van der Waals surface area (Å²) in [6.07, 6.45) is 0. The van der Waals surface area contributed by atoms with Crippen molar-refractivity contribution in [3.63, 3.8) is 0 Å². The van der Waals surface area contributed by atoms with Gasteiger partial charge < -0.3 is 5.11 Å². The fraction of sp³-hybridized carbons (Fsp3) is 0.0909. The zero-order valence-corrected chi connectivity index (χ0v) is 16.9. The lowest BCUT2D eigenvalue weighted by molar-refractivity contribution is -0.600. The van der Waals surface area contributed by atoms with Gasteiger partial charge in [-0.15, -0.1) is 0 Å². The molecule has 0 saturated heterocycles. The lowest BCUT2D eigenvalue weighted by atomic mass is 10.2. The zero-order chi connectivity index (χ0) is 18.8. The maximum atomic E-state index is 13.3. The number of aromatic nitrogens is 2. The van der Waals surface area contributed by atoms with E-state index in [0.717, 1.165) is 14.8 Å². The summed E-state index contributed by atoms with van der Waals surface area (Å²) in [7, 11) is 0. The summed E-state index contributed by atoms with van der Waals surface area (Å²) in [5.74, 6) is 0.0727. The Kier molecular flexibility index (Phi) is 4.94. The molecule has 2 aromatic heterocycles. The van der Waals surface area contributed by atoms with Crippen LogP contribution >= 0.6 is 0 Å². The van der Waals surface area contributed by atoms with Crippen LogP contribution in [0.4, 0.5) is 0 Å². The molecule has 27 heavy (non-hydrogen) atoms. The number of hydrogen-bond donors (Lipinski definition) is 1. The third-order valence-electron chi connectivity index (χ3n) is 4.29. The number of pyridine rings is 2. The van der Waals surface area contributed by atoms with Crippen LogP contribution in [-0.4, -0.2) is 14.7 Å². The van der Waals surface area contributed by atoms with Gasteiger partial charge in [0.05, 0.1) is 11.9 Å². The van der Waals surface area contributed by atoms with Gasteiger partial charge in [0.15, 0.2) is 9.32 Å². The number of benzene rings is 2. The lowest BCUT2D eigenvalue weighted by Crippen LogP contribution is -3.62. The topological polar surface area (TPSA) is 55.1 Å². The maximum absolute atomic E-state index is 13.3. The average Bonchev–Trinajstić information content (AvgIpc) is 2.70. The molecule has 5 heteroatoms. The quantitative estimate of drug-likeness (QED) is 0.446. The van der Waals surface area contributed by atoms with Gasteiger partial charge in [-0.05, 0) is 36.8 Å². The van der Waals surface area contributed by atoms with Gasteiger partial charge in [-0.3, -0.25) is 9.36 Å². The predicted molar refractivity (Wildman–Crippen MR) is 102 cm³/mol. The molecule has 0 aliphatic carbocycles. The van der Waals surface area contributed by atoms with Gasteiger partial charge in [0.2, 0.25) is 0 Å². The maximum Gasteiger partial charge on any atom is 0.368 e.